The predicted octanol–water partition coefficient (Wildman–Crippen LogP) is 7.57. The van der Waals surface area contributed by atoms with Crippen LogP contribution in [0.2, 0.25) is 10.0 Å². The number of alkyl halides is 3. The van der Waals surface area contributed by atoms with Crippen molar-refractivity contribution in [3.63, 3.8) is 0 Å². The summed E-state index contributed by atoms with van der Waals surface area (Å²) in [6.45, 7) is 0. The lowest BCUT2D eigenvalue weighted by atomic mass is 9.96. The number of rotatable bonds is 6. The number of halogens is 7. The van der Waals surface area contributed by atoms with E-state index in [0.717, 1.165) is 41.9 Å². The second-order valence-corrected chi connectivity index (χ2v) is 8.84. The van der Waals surface area contributed by atoms with Crippen molar-refractivity contribution in [2.24, 2.45) is 5.92 Å². The number of thioether (sulfide) groups is 1. The smallest absolute Gasteiger partial charge is 0.294 e. The summed E-state index contributed by atoms with van der Waals surface area (Å²) in [5.41, 5.74) is -0.272. The Morgan fingerprint density at radius 3 is 2.27 bits per heavy atom. The number of carbonyl (C=O) groups excluding carboxylic acids is 1. The fourth-order valence-corrected chi connectivity index (χ4v) is 4.32. The molecule has 0 bridgehead atoms. The summed E-state index contributed by atoms with van der Waals surface area (Å²) < 4.78 is 68.5. The molecular formula is C21H15Cl2F5OS. The Balaban J connectivity index is 1.84. The summed E-state index contributed by atoms with van der Waals surface area (Å²) in [5.74, 6) is -2.27. The summed E-state index contributed by atoms with van der Waals surface area (Å²) in [7, 11) is 0. The van der Waals surface area contributed by atoms with E-state index in [9.17, 15) is 26.7 Å². The van der Waals surface area contributed by atoms with Crippen LogP contribution in [0.3, 0.4) is 0 Å². The lowest BCUT2D eigenvalue weighted by molar-refractivity contribution is -0.139. The highest BCUT2D eigenvalue weighted by Crippen LogP contribution is 2.39. The third-order valence-electron chi connectivity index (χ3n) is 4.67. The molecule has 0 amide bonds. The lowest BCUT2D eigenvalue weighted by Crippen LogP contribution is -2.22. The van der Waals surface area contributed by atoms with E-state index in [4.69, 9.17) is 23.2 Å². The summed E-state index contributed by atoms with van der Waals surface area (Å²) >= 11 is 12.9. The molecule has 1 aliphatic heterocycles. The molecule has 0 aromatic heterocycles. The van der Waals surface area contributed by atoms with Crippen LogP contribution >= 0.6 is 35.0 Å². The fourth-order valence-electron chi connectivity index (χ4n) is 3.01. The van der Waals surface area contributed by atoms with Crippen molar-refractivity contribution in [2.75, 3.05) is 11.5 Å². The molecule has 0 radical (unpaired) electrons. The van der Waals surface area contributed by atoms with Crippen LogP contribution in [0.5, 0.6) is 0 Å². The minimum Gasteiger partial charge on any atom is -0.294 e. The number of hydrogen-bond acceptors (Lipinski definition) is 2. The van der Waals surface area contributed by atoms with E-state index in [1.807, 2.05) is 0 Å². The van der Waals surface area contributed by atoms with Gasteiger partial charge in [-0.3, -0.25) is 4.79 Å². The molecular weight excluding hydrogens is 466 g/mol. The molecule has 9 heteroatoms. The van der Waals surface area contributed by atoms with Gasteiger partial charge < -0.3 is 0 Å². The molecule has 1 saturated heterocycles. The quantitative estimate of drug-likeness (QED) is 0.241. The van der Waals surface area contributed by atoms with Gasteiger partial charge >= 0.3 is 6.18 Å². The van der Waals surface area contributed by atoms with Crippen molar-refractivity contribution in [1.82, 2.24) is 0 Å². The first-order valence-electron chi connectivity index (χ1n) is 8.86. The molecule has 3 rings (SSSR count). The highest BCUT2D eigenvalue weighted by atomic mass is 35.5. The number of carbonyl (C=O) groups is 1. The fraction of sp³-hybridized carbons (Fsp3) is 0.286. The Bertz CT molecular complexity index is 963. The van der Waals surface area contributed by atoms with Crippen molar-refractivity contribution < 1.29 is 26.7 Å². The molecule has 1 heterocycles. The maximum Gasteiger partial charge on any atom is 0.399 e. The maximum atomic E-state index is 14.3. The molecule has 1 fully saturated rings. The molecule has 2 aromatic carbocycles. The van der Waals surface area contributed by atoms with Crippen molar-refractivity contribution in [3.05, 3.63) is 74.8 Å². The molecule has 1 aliphatic rings. The summed E-state index contributed by atoms with van der Waals surface area (Å²) in [4.78, 5) is 12.2. The highest BCUT2D eigenvalue weighted by molar-refractivity contribution is 8.00. The standard InChI is InChI=1S/C21H15Cl2F5OS/c22-16-7-13(8-17(23)20(16)25)15(21(26,27)28)4-2-11-1-3-14(18(24)5-11)19(29)6-12-9-30-10-12/h1-5,7-8,12,15H,6,9-10H2/b4-2+. The second-order valence-electron chi connectivity index (χ2n) is 6.95. The number of hydrogen-bond donors (Lipinski definition) is 0. The molecule has 1 atom stereocenters. The third kappa shape index (κ3) is 5.37. The zero-order valence-corrected chi connectivity index (χ0v) is 17.6. The topological polar surface area (TPSA) is 17.1 Å². The van der Waals surface area contributed by atoms with Gasteiger partial charge in [0.15, 0.2) is 11.6 Å². The minimum absolute atomic E-state index is 0.0754. The summed E-state index contributed by atoms with van der Waals surface area (Å²) in [6.07, 6.45) is -2.57. The van der Waals surface area contributed by atoms with Crippen molar-refractivity contribution >= 4 is 46.8 Å². The number of ketones is 1. The largest absolute Gasteiger partial charge is 0.399 e. The van der Waals surface area contributed by atoms with Gasteiger partial charge in [0.25, 0.3) is 0 Å². The molecule has 1 nitrogen and oxygen atoms in total. The van der Waals surface area contributed by atoms with E-state index in [1.165, 1.54) is 12.1 Å². The minimum atomic E-state index is -4.71. The molecule has 0 N–H and O–H groups in total. The SMILES string of the molecule is O=C(CC1CSC1)c1ccc(/C=C/C(c2cc(Cl)c(F)c(Cl)c2)C(F)(F)F)cc1F. The first-order chi connectivity index (χ1) is 14.1. The van der Waals surface area contributed by atoms with Crippen LogP contribution in [0.25, 0.3) is 6.08 Å². The van der Waals surface area contributed by atoms with Crippen molar-refractivity contribution in [3.8, 4) is 0 Å². The van der Waals surface area contributed by atoms with Gasteiger partial charge in [-0.05, 0) is 52.8 Å². The van der Waals surface area contributed by atoms with Crippen LogP contribution in [0.15, 0.2) is 36.4 Å². The lowest BCUT2D eigenvalue weighted by Gasteiger charge is -2.23. The average Bonchev–Trinajstić information content (AvgIpc) is 2.61. The van der Waals surface area contributed by atoms with Gasteiger partial charge in [0.1, 0.15) is 5.82 Å². The summed E-state index contributed by atoms with van der Waals surface area (Å²) in [6, 6.07) is 5.37. The van der Waals surface area contributed by atoms with Gasteiger partial charge in [-0.2, -0.15) is 24.9 Å². The first-order valence-corrected chi connectivity index (χ1v) is 10.8. The molecule has 30 heavy (non-hydrogen) atoms. The normalized spacial score (nSPS) is 16.0. The highest BCUT2D eigenvalue weighted by Gasteiger charge is 2.39. The molecule has 160 valence electrons. The Morgan fingerprint density at radius 1 is 1.13 bits per heavy atom. The van der Waals surface area contributed by atoms with Crippen LogP contribution in [0, 0.1) is 17.6 Å². The van der Waals surface area contributed by atoms with Crippen molar-refractivity contribution in [2.45, 2.75) is 18.5 Å². The predicted molar refractivity (Wildman–Crippen MR) is 110 cm³/mol. The number of Topliss-reactive ketones (excluding diaryl/α,β-unsaturated/α-hetero) is 1. The van der Waals surface area contributed by atoms with Crippen LogP contribution in [0.4, 0.5) is 22.0 Å². The van der Waals surface area contributed by atoms with Gasteiger partial charge in [0, 0.05) is 6.42 Å². The zero-order chi connectivity index (χ0) is 22.1. The third-order valence-corrected chi connectivity index (χ3v) is 6.64. The maximum absolute atomic E-state index is 14.3. The Hall–Kier alpha value is -1.57. The van der Waals surface area contributed by atoms with Crippen LogP contribution in [-0.2, 0) is 0 Å². The van der Waals surface area contributed by atoms with Crippen LogP contribution in [-0.4, -0.2) is 23.5 Å². The van der Waals surface area contributed by atoms with Crippen LogP contribution in [0.1, 0.15) is 33.8 Å². The molecule has 2 aromatic rings. The average molecular weight is 481 g/mol. The van der Waals surface area contributed by atoms with Gasteiger partial charge in [-0.1, -0.05) is 41.4 Å². The van der Waals surface area contributed by atoms with E-state index in [0.29, 0.717) is 0 Å². The van der Waals surface area contributed by atoms with E-state index in [-0.39, 0.29) is 34.8 Å². The number of allylic oxidation sites excluding steroid dienone is 1. The molecule has 0 saturated carbocycles. The first kappa shape index (κ1) is 23.1. The number of benzene rings is 2. The van der Waals surface area contributed by atoms with E-state index in [2.05, 4.69) is 0 Å². The zero-order valence-electron chi connectivity index (χ0n) is 15.3. The van der Waals surface area contributed by atoms with Crippen LogP contribution < -0.4 is 0 Å². The molecule has 0 spiro atoms. The van der Waals surface area contributed by atoms with Gasteiger partial charge in [0.2, 0.25) is 0 Å². The van der Waals surface area contributed by atoms with E-state index in [1.54, 1.807) is 11.8 Å². The monoisotopic (exact) mass is 480 g/mol. The summed E-state index contributed by atoms with van der Waals surface area (Å²) in [5, 5.41) is -1.06. The van der Waals surface area contributed by atoms with Gasteiger partial charge in [-0.15, -0.1) is 0 Å². The van der Waals surface area contributed by atoms with E-state index < -0.39 is 33.8 Å². The Morgan fingerprint density at radius 2 is 1.77 bits per heavy atom. The second kappa shape index (κ2) is 9.28. The molecule has 1 unspecified atom stereocenters. The van der Waals surface area contributed by atoms with Gasteiger partial charge in [0.05, 0.1) is 21.5 Å². The molecule has 0 aliphatic carbocycles. The Labute approximate surface area is 184 Å². The van der Waals surface area contributed by atoms with Gasteiger partial charge in [-0.25, -0.2) is 8.78 Å². The van der Waals surface area contributed by atoms with Crippen molar-refractivity contribution in [1.29, 1.82) is 0 Å². The Kier molecular flexibility index (Phi) is 7.15. The van der Waals surface area contributed by atoms with E-state index >= 15 is 0 Å².